The molecule has 0 radical (unpaired) electrons. The van der Waals surface area contributed by atoms with Crippen LogP contribution in [0.1, 0.15) is 36.3 Å². The maximum atomic E-state index is 13.4. The third-order valence-corrected chi connectivity index (χ3v) is 10.2. The molecule has 1 aliphatic carbocycles. The summed E-state index contributed by atoms with van der Waals surface area (Å²) in [5.74, 6) is -0.201. The summed E-state index contributed by atoms with van der Waals surface area (Å²) >= 11 is 12.1. The van der Waals surface area contributed by atoms with Crippen LogP contribution < -0.4 is 9.86 Å². The number of primary sulfonamides is 1. The molecular weight excluding hydrogens is 593 g/mol. The SMILES string of the molecule is NS(=O)(=O)[C@@H]1CC[C@@H](N=C(NS(=O)(=O)c2ccc(Cl)cc2)N2CC(c3ccccc3)C(c3ccc(Cl)cc3)=N2)C1. The molecule has 40 heavy (non-hydrogen) atoms. The Morgan fingerprint density at radius 1 is 0.900 bits per heavy atom. The molecule has 3 aromatic rings. The van der Waals surface area contributed by atoms with Crippen LogP contribution in [0.4, 0.5) is 0 Å². The fraction of sp³-hybridized carbons (Fsp3) is 0.259. The Morgan fingerprint density at radius 2 is 1.52 bits per heavy atom. The van der Waals surface area contributed by atoms with E-state index in [1.165, 1.54) is 29.3 Å². The van der Waals surface area contributed by atoms with Crippen molar-refractivity contribution in [2.24, 2.45) is 15.2 Å². The maximum Gasteiger partial charge on any atom is 0.264 e. The van der Waals surface area contributed by atoms with Gasteiger partial charge in [-0.1, -0.05) is 65.7 Å². The lowest BCUT2D eigenvalue weighted by atomic mass is 9.91. The molecule has 1 saturated carbocycles. The highest BCUT2D eigenvalue weighted by molar-refractivity contribution is 7.90. The van der Waals surface area contributed by atoms with E-state index >= 15 is 0 Å². The molecule has 0 spiro atoms. The van der Waals surface area contributed by atoms with E-state index in [1.807, 2.05) is 42.5 Å². The van der Waals surface area contributed by atoms with E-state index in [0.717, 1.165) is 16.8 Å². The van der Waals surface area contributed by atoms with Gasteiger partial charge in [0.25, 0.3) is 10.0 Å². The standard InChI is InChI=1S/C27H27Cl2N5O4S2/c28-20-8-6-19(7-9-20)26-25(18-4-2-1-3-5-18)17-34(32-26)27(31-22-12-15-24(16-22)39(30,35)36)33-40(37,38)23-13-10-21(29)11-14-23/h1-11,13-14,22,24-25H,12,15-17H2,(H,31,33)(H2,30,35,36)/t22-,24-,25?/m1/s1. The smallest absolute Gasteiger partial charge is 0.248 e. The van der Waals surface area contributed by atoms with E-state index in [-0.39, 0.29) is 23.2 Å². The van der Waals surface area contributed by atoms with Gasteiger partial charge in [0.05, 0.1) is 28.4 Å². The third-order valence-electron chi connectivity index (χ3n) is 6.98. The number of aliphatic imine (C=N–C) groups is 1. The first-order chi connectivity index (χ1) is 19.0. The average Bonchev–Trinajstić information content (AvgIpc) is 3.57. The van der Waals surface area contributed by atoms with Crippen molar-refractivity contribution >= 4 is 54.9 Å². The van der Waals surface area contributed by atoms with Crippen LogP contribution in [-0.2, 0) is 20.0 Å². The van der Waals surface area contributed by atoms with Crippen molar-refractivity contribution in [1.29, 1.82) is 0 Å². The first kappa shape index (κ1) is 28.6. The van der Waals surface area contributed by atoms with Gasteiger partial charge < -0.3 is 0 Å². The van der Waals surface area contributed by atoms with Crippen LogP contribution in [0.3, 0.4) is 0 Å². The largest absolute Gasteiger partial charge is 0.264 e. The summed E-state index contributed by atoms with van der Waals surface area (Å²) in [5, 5.41) is 12.0. The Bertz CT molecular complexity index is 1650. The summed E-state index contributed by atoms with van der Waals surface area (Å²) in [7, 11) is -7.82. The quantitative estimate of drug-likeness (QED) is 0.313. The highest BCUT2D eigenvalue weighted by atomic mass is 35.5. The van der Waals surface area contributed by atoms with E-state index in [4.69, 9.17) is 38.4 Å². The highest BCUT2D eigenvalue weighted by Gasteiger charge is 2.36. The maximum absolute atomic E-state index is 13.4. The summed E-state index contributed by atoms with van der Waals surface area (Å²) in [6.07, 6.45) is 0.974. The van der Waals surface area contributed by atoms with Crippen LogP contribution in [-0.4, -0.2) is 51.4 Å². The number of nitrogens with zero attached hydrogens (tertiary/aromatic N) is 3. The molecule has 0 bridgehead atoms. The number of sulfonamides is 2. The molecule has 5 rings (SSSR count). The van der Waals surface area contributed by atoms with Gasteiger partial charge in [0.2, 0.25) is 16.0 Å². The van der Waals surface area contributed by atoms with Crippen molar-refractivity contribution in [2.45, 2.75) is 41.4 Å². The molecule has 3 aromatic carbocycles. The minimum absolute atomic E-state index is 0.0000796. The van der Waals surface area contributed by atoms with E-state index < -0.39 is 31.3 Å². The molecule has 2 aliphatic rings. The number of nitrogens with one attached hydrogen (secondary N) is 1. The molecule has 1 fully saturated rings. The zero-order valence-corrected chi connectivity index (χ0v) is 24.3. The Kier molecular flexibility index (Phi) is 8.21. The number of rotatable bonds is 6. The molecule has 1 aliphatic heterocycles. The van der Waals surface area contributed by atoms with E-state index in [2.05, 4.69) is 4.72 Å². The molecular formula is C27H27Cl2N5O4S2. The van der Waals surface area contributed by atoms with Crippen molar-refractivity contribution in [3.8, 4) is 0 Å². The van der Waals surface area contributed by atoms with E-state index in [0.29, 0.717) is 29.4 Å². The number of nitrogens with two attached hydrogens (primary N) is 1. The average molecular weight is 621 g/mol. The summed E-state index contributed by atoms with van der Waals surface area (Å²) in [6.45, 7) is 0.301. The van der Waals surface area contributed by atoms with Gasteiger partial charge in [-0.15, -0.1) is 0 Å². The van der Waals surface area contributed by atoms with E-state index in [9.17, 15) is 16.8 Å². The summed E-state index contributed by atoms with van der Waals surface area (Å²) in [6, 6.07) is 22.3. The van der Waals surface area contributed by atoms with Gasteiger partial charge >= 0.3 is 0 Å². The number of halogens is 2. The molecule has 0 amide bonds. The lowest BCUT2D eigenvalue weighted by Gasteiger charge is -2.21. The molecule has 1 unspecified atom stereocenters. The predicted octanol–water partition coefficient (Wildman–Crippen LogP) is 4.34. The van der Waals surface area contributed by atoms with Crippen LogP contribution in [0.5, 0.6) is 0 Å². The van der Waals surface area contributed by atoms with Gasteiger partial charge in [-0.3, -0.25) is 0 Å². The Morgan fingerprint density at radius 3 is 2.12 bits per heavy atom. The lowest BCUT2D eigenvalue weighted by Crippen LogP contribution is -2.42. The van der Waals surface area contributed by atoms with Gasteiger partial charge in [0, 0.05) is 16.0 Å². The number of guanidine groups is 1. The molecule has 9 nitrogen and oxygen atoms in total. The number of hydrazone groups is 1. The molecule has 0 aromatic heterocycles. The molecule has 13 heteroatoms. The van der Waals surface area contributed by atoms with Crippen molar-refractivity contribution in [1.82, 2.24) is 9.73 Å². The normalized spacial score (nSPS) is 21.9. The van der Waals surface area contributed by atoms with Crippen LogP contribution in [0.2, 0.25) is 10.0 Å². The Labute approximate surface area is 243 Å². The Balaban J connectivity index is 1.55. The number of hydrogen-bond acceptors (Lipinski definition) is 6. The van der Waals surface area contributed by atoms with Crippen LogP contribution in [0.15, 0.2) is 93.9 Å². The lowest BCUT2D eigenvalue weighted by molar-refractivity contribution is 0.456. The van der Waals surface area contributed by atoms with Crippen molar-refractivity contribution in [2.75, 3.05) is 6.54 Å². The highest BCUT2D eigenvalue weighted by Crippen LogP contribution is 2.31. The summed E-state index contributed by atoms with van der Waals surface area (Å²) < 4.78 is 53.3. The first-order valence-electron chi connectivity index (χ1n) is 12.5. The minimum Gasteiger partial charge on any atom is -0.248 e. The molecule has 3 atom stereocenters. The monoisotopic (exact) mass is 619 g/mol. The van der Waals surface area contributed by atoms with Gasteiger partial charge in [-0.2, -0.15) is 5.10 Å². The molecule has 210 valence electrons. The fourth-order valence-electron chi connectivity index (χ4n) is 4.91. The van der Waals surface area contributed by atoms with Crippen LogP contribution >= 0.6 is 23.2 Å². The molecule has 1 heterocycles. The second-order valence-electron chi connectivity index (χ2n) is 9.73. The van der Waals surface area contributed by atoms with Crippen molar-refractivity contribution < 1.29 is 16.8 Å². The minimum atomic E-state index is -4.08. The van der Waals surface area contributed by atoms with Gasteiger partial charge in [-0.25, -0.2) is 36.7 Å². The zero-order chi connectivity index (χ0) is 28.5. The fourth-order valence-corrected chi connectivity index (χ4v) is 7.12. The predicted molar refractivity (Wildman–Crippen MR) is 158 cm³/mol. The van der Waals surface area contributed by atoms with Crippen LogP contribution in [0, 0.1) is 0 Å². The molecule has 0 saturated heterocycles. The Hall–Kier alpha value is -2.96. The summed E-state index contributed by atoms with van der Waals surface area (Å²) in [5.41, 5.74) is 2.54. The topological polar surface area (TPSA) is 134 Å². The zero-order valence-electron chi connectivity index (χ0n) is 21.2. The van der Waals surface area contributed by atoms with Gasteiger partial charge in [0.15, 0.2) is 0 Å². The second kappa shape index (κ2) is 11.5. The summed E-state index contributed by atoms with van der Waals surface area (Å²) in [4.78, 5) is 4.70. The van der Waals surface area contributed by atoms with Crippen molar-refractivity contribution in [3.05, 3.63) is 100 Å². The van der Waals surface area contributed by atoms with Gasteiger partial charge in [0.1, 0.15) is 0 Å². The third kappa shape index (κ3) is 6.50. The molecule has 3 N–H and O–H groups in total. The first-order valence-corrected chi connectivity index (χ1v) is 16.4. The van der Waals surface area contributed by atoms with E-state index in [1.54, 1.807) is 12.1 Å². The van der Waals surface area contributed by atoms with Crippen LogP contribution in [0.25, 0.3) is 0 Å². The number of hydrogen-bond donors (Lipinski definition) is 2. The second-order valence-corrected chi connectivity index (χ2v) is 14.1. The van der Waals surface area contributed by atoms with Crippen molar-refractivity contribution in [3.63, 3.8) is 0 Å². The number of benzene rings is 3. The van der Waals surface area contributed by atoms with Gasteiger partial charge in [-0.05, 0) is 66.8 Å².